The molecule has 0 spiro atoms. The van der Waals surface area contributed by atoms with E-state index >= 15 is 0 Å². The summed E-state index contributed by atoms with van der Waals surface area (Å²) >= 11 is 0. The fourth-order valence-corrected chi connectivity index (χ4v) is 2.18. The van der Waals surface area contributed by atoms with Crippen molar-refractivity contribution >= 4 is 17.0 Å². The second kappa shape index (κ2) is 3.73. The predicted molar refractivity (Wildman–Crippen MR) is 62.2 cm³/mol. The van der Waals surface area contributed by atoms with Crippen LogP contribution in [-0.4, -0.2) is 26.3 Å². The number of aryl methyl sites for hydroxylation is 2. The van der Waals surface area contributed by atoms with Crippen LogP contribution in [0.2, 0.25) is 0 Å². The molecule has 0 aromatic carbocycles. The highest BCUT2D eigenvalue weighted by molar-refractivity contribution is 5.83. The van der Waals surface area contributed by atoms with Crippen LogP contribution in [0.4, 0.5) is 0 Å². The quantitative estimate of drug-likeness (QED) is 0.724. The fourth-order valence-electron chi connectivity index (χ4n) is 2.18. The molecular weight excluding hydrogens is 222 g/mol. The van der Waals surface area contributed by atoms with E-state index in [-0.39, 0.29) is 5.56 Å². The number of aromatic nitrogens is 3. The third kappa shape index (κ3) is 1.61. The van der Waals surface area contributed by atoms with Crippen molar-refractivity contribution in [2.45, 2.75) is 26.7 Å². The lowest BCUT2D eigenvalue weighted by molar-refractivity contribution is -0.138. The van der Waals surface area contributed by atoms with E-state index in [0.29, 0.717) is 27.9 Å². The number of aromatic amines is 2. The van der Waals surface area contributed by atoms with E-state index in [0.717, 1.165) is 0 Å². The first kappa shape index (κ1) is 11.4. The number of pyridine rings is 1. The van der Waals surface area contributed by atoms with Gasteiger partial charge in [0.25, 0.3) is 5.56 Å². The lowest BCUT2D eigenvalue weighted by Crippen LogP contribution is -2.13. The van der Waals surface area contributed by atoms with Gasteiger partial charge in [0, 0.05) is 5.69 Å². The van der Waals surface area contributed by atoms with E-state index in [9.17, 15) is 9.59 Å². The maximum Gasteiger partial charge on any atom is 0.310 e. The normalized spacial score (nSPS) is 12.9. The first-order valence-electron chi connectivity index (χ1n) is 5.23. The Morgan fingerprint density at radius 3 is 2.59 bits per heavy atom. The van der Waals surface area contributed by atoms with E-state index in [2.05, 4.69) is 15.2 Å². The average molecular weight is 235 g/mol. The van der Waals surface area contributed by atoms with E-state index in [4.69, 9.17) is 5.11 Å². The molecule has 0 aliphatic heterocycles. The maximum absolute atomic E-state index is 11.6. The standard InChI is InChI=1S/C11H13N3O3/c1-4-7(5(2)11(16)17)6(3)12-9-8(4)10(15)14-13-9/h5H,1-3H3,(H,16,17)(H2,12,13,14,15). The number of carboxylic acids is 1. The SMILES string of the molecule is Cc1nc2[nH][nH]c(=O)c2c(C)c1C(C)C(=O)O. The summed E-state index contributed by atoms with van der Waals surface area (Å²) in [4.78, 5) is 26.8. The summed E-state index contributed by atoms with van der Waals surface area (Å²) in [6.07, 6.45) is 0. The van der Waals surface area contributed by atoms with Crippen molar-refractivity contribution in [2.75, 3.05) is 0 Å². The van der Waals surface area contributed by atoms with E-state index in [1.54, 1.807) is 20.8 Å². The molecule has 0 bridgehead atoms. The van der Waals surface area contributed by atoms with E-state index in [1.165, 1.54) is 0 Å². The second-order valence-corrected chi connectivity index (χ2v) is 4.10. The molecule has 3 N–H and O–H groups in total. The molecule has 0 radical (unpaired) electrons. The first-order chi connectivity index (χ1) is 7.93. The van der Waals surface area contributed by atoms with Gasteiger partial charge >= 0.3 is 5.97 Å². The topological polar surface area (TPSA) is 98.8 Å². The molecule has 0 aliphatic carbocycles. The van der Waals surface area contributed by atoms with Gasteiger partial charge in [-0.15, -0.1) is 0 Å². The summed E-state index contributed by atoms with van der Waals surface area (Å²) in [6, 6.07) is 0. The minimum Gasteiger partial charge on any atom is -0.481 e. The number of hydrogen-bond acceptors (Lipinski definition) is 3. The number of nitrogens with one attached hydrogen (secondary N) is 2. The third-order valence-electron chi connectivity index (χ3n) is 3.01. The average Bonchev–Trinajstić information content (AvgIpc) is 2.59. The highest BCUT2D eigenvalue weighted by Gasteiger charge is 2.22. The molecule has 90 valence electrons. The molecule has 1 unspecified atom stereocenters. The lowest BCUT2D eigenvalue weighted by atomic mass is 9.94. The van der Waals surface area contributed by atoms with Crippen molar-refractivity contribution in [1.29, 1.82) is 0 Å². The van der Waals surface area contributed by atoms with Crippen molar-refractivity contribution in [3.05, 3.63) is 27.2 Å². The molecule has 17 heavy (non-hydrogen) atoms. The van der Waals surface area contributed by atoms with Gasteiger partial charge in [-0.1, -0.05) is 0 Å². The Morgan fingerprint density at radius 2 is 2.00 bits per heavy atom. The number of carbonyl (C=O) groups is 1. The van der Waals surface area contributed by atoms with Crippen LogP contribution in [0.5, 0.6) is 0 Å². The molecule has 0 saturated heterocycles. The van der Waals surface area contributed by atoms with Crippen molar-refractivity contribution in [3.63, 3.8) is 0 Å². The number of fused-ring (bicyclic) bond motifs is 1. The van der Waals surface area contributed by atoms with Gasteiger partial charge in [0.2, 0.25) is 0 Å². The Morgan fingerprint density at radius 1 is 1.35 bits per heavy atom. The molecule has 0 fully saturated rings. The van der Waals surface area contributed by atoms with Crippen LogP contribution >= 0.6 is 0 Å². The molecule has 1 atom stereocenters. The monoisotopic (exact) mass is 235 g/mol. The molecule has 2 aromatic heterocycles. The number of rotatable bonds is 2. The van der Waals surface area contributed by atoms with Crippen LogP contribution in [-0.2, 0) is 4.79 Å². The van der Waals surface area contributed by atoms with Crippen molar-refractivity contribution in [1.82, 2.24) is 15.2 Å². The summed E-state index contributed by atoms with van der Waals surface area (Å²) in [5.74, 6) is -1.61. The van der Waals surface area contributed by atoms with E-state index < -0.39 is 11.9 Å². The minimum absolute atomic E-state index is 0.274. The largest absolute Gasteiger partial charge is 0.481 e. The van der Waals surface area contributed by atoms with Crippen LogP contribution in [0.3, 0.4) is 0 Å². The van der Waals surface area contributed by atoms with Gasteiger partial charge in [-0.25, -0.2) is 4.98 Å². The maximum atomic E-state index is 11.6. The summed E-state index contributed by atoms with van der Waals surface area (Å²) in [5.41, 5.74) is 2.09. The Hall–Kier alpha value is -2.11. The van der Waals surface area contributed by atoms with Gasteiger partial charge in [-0.3, -0.25) is 19.8 Å². The molecule has 6 heteroatoms. The summed E-state index contributed by atoms with van der Waals surface area (Å²) in [6.45, 7) is 5.08. The number of carboxylic acid groups (broad SMARTS) is 1. The molecular formula is C11H13N3O3. The van der Waals surface area contributed by atoms with Crippen LogP contribution < -0.4 is 5.56 Å². The molecule has 0 aliphatic rings. The molecule has 2 rings (SSSR count). The van der Waals surface area contributed by atoms with E-state index in [1.807, 2.05) is 0 Å². The Labute approximate surface area is 96.7 Å². The smallest absolute Gasteiger partial charge is 0.310 e. The van der Waals surface area contributed by atoms with Crippen LogP contribution in [0.1, 0.15) is 29.7 Å². The second-order valence-electron chi connectivity index (χ2n) is 4.10. The highest BCUT2D eigenvalue weighted by atomic mass is 16.4. The summed E-state index contributed by atoms with van der Waals surface area (Å²) in [5, 5.41) is 14.6. The molecule has 0 amide bonds. The third-order valence-corrected chi connectivity index (χ3v) is 3.01. The van der Waals surface area contributed by atoms with Gasteiger partial charge in [0.15, 0.2) is 5.65 Å². The molecule has 6 nitrogen and oxygen atoms in total. The highest BCUT2D eigenvalue weighted by Crippen LogP contribution is 2.26. The zero-order valence-corrected chi connectivity index (χ0v) is 9.79. The van der Waals surface area contributed by atoms with Gasteiger partial charge in [0.1, 0.15) is 0 Å². The molecule has 2 aromatic rings. The molecule has 0 saturated carbocycles. The van der Waals surface area contributed by atoms with Crippen molar-refractivity contribution < 1.29 is 9.90 Å². The zero-order valence-electron chi connectivity index (χ0n) is 9.79. The van der Waals surface area contributed by atoms with Crippen molar-refractivity contribution in [2.24, 2.45) is 0 Å². The number of aliphatic carboxylic acids is 1. The number of nitrogens with zero attached hydrogens (tertiary/aromatic N) is 1. The Bertz CT molecular complexity index is 654. The number of H-pyrrole nitrogens is 2. The van der Waals surface area contributed by atoms with Crippen LogP contribution in [0.15, 0.2) is 4.79 Å². The van der Waals surface area contributed by atoms with Gasteiger partial charge in [-0.2, -0.15) is 0 Å². The zero-order chi connectivity index (χ0) is 12.7. The summed E-state index contributed by atoms with van der Waals surface area (Å²) < 4.78 is 0. The first-order valence-corrected chi connectivity index (χ1v) is 5.23. The van der Waals surface area contributed by atoms with Crippen LogP contribution in [0.25, 0.3) is 11.0 Å². The predicted octanol–water partition coefficient (Wildman–Crippen LogP) is 1.06. The Kier molecular flexibility index (Phi) is 2.49. The minimum atomic E-state index is -0.927. The van der Waals surface area contributed by atoms with Gasteiger partial charge < -0.3 is 5.11 Å². The number of hydrogen-bond donors (Lipinski definition) is 3. The van der Waals surface area contributed by atoms with Gasteiger partial charge in [0.05, 0.1) is 11.3 Å². The summed E-state index contributed by atoms with van der Waals surface area (Å²) in [7, 11) is 0. The Balaban J connectivity index is 2.84. The van der Waals surface area contributed by atoms with Crippen LogP contribution in [0, 0.1) is 13.8 Å². The fraction of sp³-hybridized carbons (Fsp3) is 0.364. The molecule has 2 heterocycles. The van der Waals surface area contributed by atoms with Gasteiger partial charge in [-0.05, 0) is 31.9 Å². The van der Waals surface area contributed by atoms with Crippen molar-refractivity contribution in [3.8, 4) is 0 Å². The lowest BCUT2D eigenvalue weighted by Gasteiger charge is -2.13.